The van der Waals surface area contributed by atoms with Crippen LogP contribution in [-0.4, -0.2) is 193 Å². The molecule has 0 spiro atoms. The van der Waals surface area contributed by atoms with Crippen molar-refractivity contribution in [1.82, 2.24) is 5.32 Å². The molecule has 0 bridgehead atoms. The van der Waals surface area contributed by atoms with E-state index in [-0.39, 0.29) is 18.9 Å². The summed E-state index contributed by atoms with van der Waals surface area (Å²) >= 11 is 0. The lowest BCUT2D eigenvalue weighted by Crippen LogP contribution is -2.66. The average molecular weight is 1420 g/mol. The predicted molar refractivity (Wildman–Crippen MR) is 397 cm³/mol. The highest BCUT2D eigenvalue weighted by molar-refractivity contribution is 5.76. The summed E-state index contributed by atoms with van der Waals surface area (Å²) in [6.45, 7) is 1.63. The van der Waals surface area contributed by atoms with E-state index < -0.39 is 124 Å². The summed E-state index contributed by atoms with van der Waals surface area (Å²) in [5.41, 5.74) is 0. The minimum atomic E-state index is -1.98. The van der Waals surface area contributed by atoms with E-state index in [1.165, 1.54) is 161 Å². The van der Waals surface area contributed by atoms with E-state index in [1.807, 2.05) is 6.08 Å². The Labute approximate surface area is 603 Å². The van der Waals surface area contributed by atoms with Gasteiger partial charge in [0.25, 0.3) is 0 Å². The maximum absolute atomic E-state index is 13.5. The molecule has 19 heteroatoms. The third-order valence-corrected chi connectivity index (χ3v) is 19.4. The van der Waals surface area contributed by atoms with Crippen LogP contribution in [0.3, 0.4) is 0 Å². The summed E-state index contributed by atoms with van der Waals surface area (Å²) in [5.74, 6) is -0.290. The van der Waals surface area contributed by atoms with Gasteiger partial charge in [0.15, 0.2) is 18.9 Å². The monoisotopic (exact) mass is 1420 g/mol. The number of carbonyl (C=O) groups excluding carboxylic acids is 1. The first kappa shape index (κ1) is 91.2. The van der Waals surface area contributed by atoms with Crippen LogP contribution in [0.2, 0.25) is 0 Å². The van der Waals surface area contributed by atoms with Crippen molar-refractivity contribution >= 4 is 5.91 Å². The zero-order valence-corrected chi connectivity index (χ0v) is 61.9. The molecule has 17 unspecified atom stereocenters. The topological polar surface area (TPSA) is 307 Å². The van der Waals surface area contributed by atoms with Gasteiger partial charge in [0, 0.05) is 6.42 Å². The lowest BCUT2D eigenvalue weighted by atomic mass is 9.96. The van der Waals surface area contributed by atoms with E-state index in [0.29, 0.717) is 6.42 Å². The number of hydrogen-bond acceptors (Lipinski definition) is 18. The Hall–Kier alpha value is -3.03. The molecule has 3 heterocycles. The summed E-state index contributed by atoms with van der Waals surface area (Å²) in [6.07, 6.45) is 54.2. The van der Waals surface area contributed by atoms with Crippen LogP contribution in [0, 0.1) is 0 Å². The molecule has 3 saturated heterocycles. The number of aliphatic hydroxyl groups is 11. The number of rotatable bonds is 62. The molecule has 100 heavy (non-hydrogen) atoms. The molecule has 1 amide bonds. The molecule has 3 aliphatic rings. The predicted octanol–water partition coefficient (Wildman–Crippen LogP) is 13.0. The molecule has 0 saturated carbocycles. The van der Waals surface area contributed by atoms with Gasteiger partial charge in [-0.1, -0.05) is 298 Å². The highest BCUT2D eigenvalue weighted by Gasteiger charge is 2.54. The minimum absolute atomic E-state index is 0.222. The molecule has 17 atom stereocenters. The van der Waals surface area contributed by atoms with E-state index in [9.17, 15) is 61.0 Å². The number of carbonyl (C=O) groups is 1. The van der Waals surface area contributed by atoms with E-state index in [0.717, 1.165) is 103 Å². The molecule has 0 aromatic heterocycles. The number of aliphatic hydroxyl groups excluding tert-OH is 11. The highest BCUT2D eigenvalue weighted by Crippen LogP contribution is 2.33. The van der Waals surface area contributed by atoms with Crippen molar-refractivity contribution in [3.63, 3.8) is 0 Å². The average Bonchev–Trinajstić information content (AvgIpc) is 0.783. The smallest absolute Gasteiger partial charge is 0.220 e. The second-order valence-electron chi connectivity index (χ2n) is 28.1. The Kier molecular flexibility index (Phi) is 55.8. The van der Waals surface area contributed by atoms with Crippen molar-refractivity contribution in [1.29, 1.82) is 0 Å². The van der Waals surface area contributed by atoms with Crippen LogP contribution in [0.1, 0.15) is 290 Å². The van der Waals surface area contributed by atoms with Crippen molar-refractivity contribution in [2.75, 3.05) is 26.4 Å². The van der Waals surface area contributed by atoms with Crippen molar-refractivity contribution in [3.05, 3.63) is 85.1 Å². The molecular formula is C81H143NO18. The van der Waals surface area contributed by atoms with Crippen LogP contribution < -0.4 is 5.32 Å². The van der Waals surface area contributed by atoms with Gasteiger partial charge in [-0.15, -0.1) is 0 Å². The molecule has 12 N–H and O–H groups in total. The summed E-state index contributed by atoms with van der Waals surface area (Å²) in [7, 11) is 0. The van der Waals surface area contributed by atoms with Gasteiger partial charge in [0.1, 0.15) is 73.2 Å². The first-order valence-electron chi connectivity index (χ1n) is 39.8. The van der Waals surface area contributed by atoms with Gasteiger partial charge in [0.05, 0.1) is 38.6 Å². The van der Waals surface area contributed by atoms with Crippen LogP contribution in [-0.2, 0) is 33.2 Å². The highest BCUT2D eigenvalue weighted by atomic mass is 16.8. The quantitative estimate of drug-likeness (QED) is 0.0199. The Morgan fingerprint density at radius 1 is 0.370 bits per heavy atom. The lowest BCUT2D eigenvalue weighted by molar-refractivity contribution is -0.379. The summed E-state index contributed by atoms with van der Waals surface area (Å²) in [5, 5.41) is 121. The molecule has 3 fully saturated rings. The molecule has 580 valence electrons. The van der Waals surface area contributed by atoms with Crippen LogP contribution in [0.15, 0.2) is 85.1 Å². The van der Waals surface area contributed by atoms with Crippen molar-refractivity contribution in [2.24, 2.45) is 0 Å². The molecule has 3 aliphatic heterocycles. The van der Waals surface area contributed by atoms with Gasteiger partial charge in [-0.2, -0.15) is 0 Å². The number of nitrogens with one attached hydrogen (secondary N) is 1. The van der Waals surface area contributed by atoms with Gasteiger partial charge in [-0.3, -0.25) is 4.79 Å². The molecule has 3 rings (SSSR count). The number of allylic oxidation sites excluding steroid dienone is 13. The molecule has 19 nitrogen and oxygen atoms in total. The standard InChI is InChI=1S/C81H143NO18/c1-3-5-7-9-11-13-15-17-19-21-23-25-27-29-30-31-32-33-35-36-38-40-42-44-46-48-50-52-54-56-58-65(86)64(82-69(87)59-57-55-53-51-49-47-45-43-41-39-37-34-28-26-24-22-20-18-16-14-12-10-8-6-4-2)63-95-79-75(93)72(90)77(67(61-84)97-79)100-81-76(94)73(91)78(68(62-85)98-81)99-80-74(92)71(89)70(88)66(60-83)96-80/h6,8,12,14,18,20,24,26,34,37,41,43,56,58,64-68,70-81,83-86,88-94H,3-5,7,9-11,13,15-17,19,21-23,25,27-33,35-36,38-40,42,44-55,57,59-63H2,1-2H3,(H,82,87)/b8-6-,14-12-,20-18-,26-24-,37-34-,43-41-,58-56+. The Balaban J connectivity index is 1.39. The van der Waals surface area contributed by atoms with Crippen LogP contribution in [0.25, 0.3) is 0 Å². The fraction of sp³-hybridized carbons (Fsp3) is 0.815. The largest absolute Gasteiger partial charge is 0.394 e. The molecular weight excluding hydrogens is 1270 g/mol. The Morgan fingerprint density at radius 2 is 0.690 bits per heavy atom. The number of unbranched alkanes of at least 4 members (excludes halogenated alkanes) is 34. The molecule has 0 aliphatic carbocycles. The second kappa shape index (κ2) is 61.2. The van der Waals surface area contributed by atoms with Crippen molar-refractivity contribution in [3.8, 4) is 0 Å². The van der Waals surface area contributed by atoms with Crippen LogP contribution >= 0.6 is 0 Å². The van der Waals surface area contributed by atoms with Crippen LogP contribution in [0.5, 0.6) is 0 Å². The first-order valence-corrected chi connectivity index (χ1v) is 39.8. The Bertz CT molecular complexity index is 2140. The fourth-order valence-electron chi connectivity index (χ4n) is 13.1. The third-order valence-electron chi connectivity index (χ3n) is 19.4. The second-order valence-corrected chi connectivity index (χ2v) is 28.1. The first-order chi connectivity index (χ1) is 48.8. The lowest BCUT2D eigenvalue weighted by Gasteiger charge is -2.48. The molecule has 0 aromatic carbocycles. The number of ether oxygens (including phenoxy) is 6. The Morgan fingerprint density at radius 3 is 1.08 bits per heavy atom. The van der Waals surface area contributed by atoms with E-state index >= 15 is 0 Å². The van der Waals surface area contributed by atoms with Crippen LogP contribution in [0.4, 0.5) is 0 Å². The summed E-state index contributed by atoms with van der Waals surface area (Å²) in [4.78, 5) is 13.5. The van der Waals surface area contributed by atoms with Gasteiger partial charge in [-0.25, -0.2) is 0 Å². The van der Waals surface area contributed by atoms with Crippen molar-refractivity contribution in [2.45, 2.75) is 394 Å². The maximum Gasteiger partial charge on any atom is 0.220 e. The van der Waals surface area contributed by atoms with E-state index in [1.54, 1.807) is 6.08 Å². The van der Waals surface area contributed by atoms with Gasteiger partial charge >= 0.3 is 0 Å². The van der Waals surface area contributed by atoms with Gasteiger partial charge < -0.3 is 89.9 Å². The van der Waals surface area contributed by atoms with Gasteiger partial charge in [0.2, 0.25) is 5.91 Å². The summed E-state index contributed by atoms with van der Waals surface area (Å²) < 4.78 is 34.4. The van der Waals surface area contributed by atoms with E-state index in [4.69, 9.17) is 28.4 Å². The minimum Gasteiger partial charge on any atom is -0.394 e. The number of amides is 1. The van der Waals surface area contributed by atoms with Crippen molar-refractivity contribution < 1.29 is 89.4 Å². The molecule has 0 radical (unpaired) electrons. The SMILES string of the molecule is CC/C=C\C/C=C\C/C=C\C/C=C\C/C=C\C/C=C\CCCCCCCCC(=O)NC(COC1OC(CO)C(OC2OC(CO)C(OC3OC(CO)C(O)C(O)C3O)C(O)C2O)C(O)C1O)C(O)/C=C/CCCCCCCCCCCCCCCCCCCCCCCCCCCCCC. The fourth-order valence-corrected chi connectivity index (χ4v) is 13.1. The zero-order chi connectivity index (χ0) is 72.5. The molecule has 0 aromatic rings. The van der Waals surface area contributed by atoms with Gasteiger partial charge in [-0.05, 0) is 70.6 Å². The third kappa shape index (κ3) is 41.0. The zero-order valence-electron chi connectivity index (χ0n) is 61.9. The summed E-state index contributed by atoms with van der Waals surface area (Å²) in [6, 6.07) is -0.989. The van der Waals surface area contributed by atoms with E-state index in [2.05, 4.69) is 92.1 Å². The number of hydrogen-bond donors (Lipinski definition) is 12. The maximum atomic E-state index is 13.5. The normalized spacial score (nSPS) is 26.9.